The number of amides is 2. The van der Waals surface area contributed by atoms with Crippen LogP contribution >= 0.6 is 11.6 Å². The number of hydrogen-bond acceptors (Lipinski definition) is 3. The van der Waals surface area contributed by atoms with Crippen LogP contribution in [0.4, 0.5) is 24.5 Å². The molecule has 2 aromatic rings. The number of alkyl halides is 3. The first kappa shape index (κ1) is 20.4. The third-order valence-corrected chi connectivity index (χ3v) is 3.77. The van der Waals surface area contributed by atoms with E-state index in [9.17, 15) is 27.6 Å². The Hall–Kier alpha value is -2.87. The van der Waals surface area contributed by atoms with Gasteiger partial charge in [-0.15, -0.1) is 0 Å². The van der Waals surface area contributed by atoms with Crippen molar-refractivity contribution in [2.75, 3.05) is 10.6 Å². The number of rotatable bonds is 6. The van der Waals surface area contributed by atoms with Crippen LogP contribution in [0.15, 0.2) is 48.5 Å². The number of nitrogens with one attached hydrogen (secondary N) is 2. The molecular formula is C18H14ClF3N2O3. The molecule has 142 valence electrons. The molecule has 27 heavy (non-hydrogen) atoms. The molecule has 0 radical (unpaired) electrons. The van der Waals surface area contributed by atoms with E-state index < -0.39 is 18.0 Å². The number of benzene rings is 2. The molecule has 0 heterocycles. The number of ketones is 1. The second kappa shape index (κ2) is 8.68. The summed E-state index contributed by atoms with van der Waals surface area (Å²) in [5.41, 5.74) is 0.580. The lowest BCUT2D eigenvalue weighted by Crippen LogP contribution is -2.29. The highest BCUT2D eigenvalue weighted by molar-refractivity contribution is 6.34. The van der Waals surface area contributed by atoms with Gasteiger partial charge in [-0.25, -0.2) is 0 Å². The third kappa shape index (κ3) is 6.10. The van der Waals surface area contributed by atoms with E-state index >= 15 is 0 Å². The van der Waals surface area contributed by atoms with Crippen molar-refractivity contribution >= 4 is 40.6 Å². The Morgan fingerprint density at radius 2 is 1.41 bits per heavy atom. The second-order valence-corrected chi connectivity index (χ2v) is 5.89. The minimum Gasteiger partial charge on any atom is -0.326 e. The lowest BCUT2D eigenvalue weighted by molar-refractivity contribution is -0.167. The maximum atomic E-state index is 12.2. The zero-order valence-corrected chi connectivity index (χ0v) is 14.5. The molecule has 0 bridgehead atoms. The molecular weight excluding hydrogens is 385 g/mol. The van der Waals surface area contributed by atoms with Crippen LogP contribution in [-0.2, 0) is 9.59 Å². The summed E-state index contributed by atoms with van der Waals surface area (Å²) in [5.74, 6) is -2.80. The molecule has 0 atom stereocenters. The molecule has 0 spiro atoms. The summed E-state index contributed by atoms with van der Waals surface area (Å²) in [7, 11) is 0. The fourth-order valence-corrected chi connectivity index (χ4v) is 2.35. The van der Waals surface area contributed by atoms with Crippen LogP contribution in [0.1, 0.15) is 23.2 Å². The van der Waals surface area contributed by atoms with E-state index in [1.807, 2.05) is 0 Å². The van der Waals surface area contributed by atoms with Gasteiger partial charge in [-0.05, 0) is 36.4 Å². The van der Waals surface area contributed by atoms with Crippen LogP contribution < -0.4 is 10.6 Å². The van der Waals surface area contributed by atoms with Crippen molar-refractivity contribution in [3.8, 4) is 0 Å². The zero-order valence-electron chi connectivity index (χ0n) is 13.8. The topological polar surface area (TPSA) is 75.3 Å². The molecule has 2 rings (SSSR count). The third-order valence-electron chi connectivity index (χ3n) is 3.44. The van der Waals surface area contributed by atoms with Gasteiger partial charge < -0.3 is 10.6 Å². The molecule has 0 saturated heterocycles. The number of carbonyl (C=O) groups excluding carboxylic acids is 3. The van der Waals surface area contributed by atoms with Crippen LogP contribution in [0.25, 0.3) is 0 Å². The standard InChI is InChI=1S/C18H14ClF3N2O3/c19-14-4-2-1-3-13(14)15(25)9-10-16(26)23-11-5-7-12(8-6-11)24-17(27)18(20,21)22/h1-8H,9-10H2,(H,23,26)(H,24,27). The van der Waals surface area contributed by atoms with Gasteiger partial charge in [0.1, 0.15) is 0 Å². The van der Waals surface area contributed by atoms with Crippen molar-refractivity contribution in [1.82, 2.24) is 0 Å². The quantitative estimate of drug-likeness (QED) is 0.706. The fourth-order valence-electron chi connectivity index (χ4n) is 2.11. The molecule has 2 amide bonds. The molecule has 2 aromatic carbocycles. The van der Waals surface area contributed by atoms with E-state index in [4.69, 9.17) is 11.6 Å². The summed E-state index contributed by atoms with van der Waals surface area (Å²) in [4.78, 5) is 34.8. The Bertz CT molecular complexity index is 852. The van der Waals surface area contributed by atoms with Gasteiger partial charge in [0.15, 0.2) is 5.78 Å². The first-order chi connectivity index (χ1) is 12.7. The van der Waals surface area contributed by atoms with Crippen LogP contribution in [0.3, 0.4) is 0 Å². The molecule has 2 N–H and O–H groups in total. The van der Waals surface area contributed by atoms with E-state index in [0.717, 1.165) is 0 Å². The van der Waals surface area contributed by atoms with Gasteiger partial charge in [-0.1, -0.05) is 23.7 Å². The monoisotopic (exact) mass is 398 g/mol. The lowest BCUT2D eigenvalue weighted by Gasteiger charge is -2.09. The average molecular weight is 399 g/mol. The molecule has 0 saturated carbocycles. The summed E-state index contributed by atoms with van der Waals surface area (Å²) in [6, 6.07) is 11.6. The van der Waals surface area contributed by atoms with Crippen LogP contribution in [-0.4, -0.2) is 23.8 Å². The highest BCUT2D eigenvalue weighted by Crippen LogP contribution is 2.20. The number of hydrogen-bond donors (Lipinski definition) is 2. The normalized spacial score (nSPS) is 11.0. The van der Waals surface area contributed by atoms with E-state index in [-0.39, 0.29) is 24.3 Å². The summed E-state index contributed by atoms with van der Waals surface area (Å²) < 4.78 is 36.5. The van der Waals surface area contributed by atoms with E-state index in [0.29, 0.717) is 16.3 Å². The molecule has 0 unspecified atom stereocenters. The molecule has 0 aliphatic rings. The molecule has 0 aliphatic heterocycles. The largest absolute Gasteiger partial charge is 0.471 e. The first-order valence-corrected chi connectivity index (χ1v) is 8.10. The van der Waals surface area contributed by atoms with Crippen molar-refractivity contribution in [3.05, 3.63) is 59.1 Å². The Morgan fingerprint density at radius 1 is 0.852 bits per heavy atom. The maximum absolute atomic E-state index is 12.2. The van der Waals surface area contributed by atoms with E-state index in [2.05, 4.69) is 5.32 Å². The van der Waals surface area contributed by atoms with Crippen molar-refractivity contribution < 1.29 is 27.6 Å². The van der Waals surface area contributed by atoms with Gasteiger partial charge in [0.25, 0.3) is 0 Å². The zero-order chi connectivity index (χ0) is 20.0. The van der Waals surface area contributed by atoms with Gasteiger partial charge in [-0.2, -0.15) is 13.2 Å². The number of anilines is 2. The van der Waals surface area contributed by atoms with Crippen LogP contribution in [0.5, 0.6) is 0 Å². The minimum atomic E-state index is -4.99. The Labute approximate surface area is 157 Å². The SMILES string of the molecule is O=C(CCC(=O)c1ccccc1Cl)Nc1ccc(NC(=O)C(F)(F)F)cc1. The fraction of sp³-hybridized carbons (Fsp3) is 0.167. The Morgan fingerprint density at radius 3 is 1.96 bits per heavy atom. The molecule has 0 aromatic heterocycles. The molecule has 5 nitrogen and oxygen atoms in total. The number of carbonyl (C=O) groups is 3. The van der Waals surface area contributed by atoms with Gasteiger partial charge in [0.2, 0.25) is 5.91 Å². The van der Waals surface area contributed by atoms with Crippen molar-refractivity contribution in [2.45, 2.75) is 19.0 Å². The average Bonchev–Trinajstić information content (AvgIpc) is 2.61. The van der Waals surface area contributed by atoms with Gasteiger partial charge in [0, 0.05) is 29.8 Å². The summed E-state index contributed by atoms with van der Waals surface area (Å²) >= 11 is 5.92. The Kier molecular flexibility index (Phi) is 6.57. The summed E-state index contributed by atoms with van der Waals surface area (Å²) in [5, 5.41) is 4.51. The maximum Gasteiger partial charge on any atom is 0.471 e. The highest BCUT2D eigenvalue weighted by atomic mass is 35.5. The molecule has 0 aliphatic carbocycles. The van der Waals surface area contributed by atoms with E-state index in [1.165, 1.54) is 24.3 Å². The predicted octanol–water partition coefficient (Wildman–Crippen LogP) is 4.44. The van der Waals surface area contributed by atoms with Gasteiger partial charge >= 0.3 is 12.1 Å². The first-order valence-electron chi connectivity index (χ1n) is 7.72. The number of Topliss-reactive ketones (excluding diaryl/α,β-unsaturated/α-hetero) is 1. The minimum absolute atomic E-state index is 0.0463. The smallest absolute Gasteiger partial charge is 0.326 e. The van der Waals surface area contributed by atoms with Crippen LogP contribution in [0.2, 0.25) is 5.02 Å². The number of halogens is 4. The van der Waals surface area contributed by atoms with Crippen molar-refractivity contribution in [2.24, 2.45) is 0 Å². The molecule has 0 fully saturated rings. The predicted molar refractivity (Wildman–Crippen MR) is 94.8 cm³/mol. The highest BCUT2D eigenvalue weighted by Gasteiger charge is 2.38. The summed E-state index contributed by atoms with van der Waals surface area (Å²) in [6.45, 7) is 0. The van der Waals surface area contributed by atoms with Gasteiger partial charge in [0.05, 0.1) is 5.02 Å². The second-order valence-electron chi connectivity index (χ2n) is 5.48. The van der Waals surface area contributed by atoms with Crippen LogP contribution in [0, 0.1) is 0 Å². The lowest BCUT2D eigenvalue weighted by atomic mass is 10.1. The Balaban J connectivity index is 1.86. The molecule has 9 heteroatoms. The van der Waals surface area contributed by atoms with Gasteiger partial charge in [-0.3, -0.25) is 14.4 Å². The summed E-state index contributed by atoms with van der Waals surface area (Å²) in [6.07, 6.45) is -5.12. The van der Waals surface area contributed by atoms with Crippen molar-refractivity contribution in [1.29, 1.82) is 0 Å². The van der Waals surface area contributed by atoms with E-state index in [1.54, 1.807) is 29.6 Å². The van der Waals surface area contributed by atoms with Crippen molar-refractivity contribution in [3.63, 3.8) is 0 Å².